The Morgan fingerprint density at radius 3 is 2.70 bits per heavy atom. The van der Waals surface area contributed by atoms with Gasteiger partial charge in [-0.2, -0.15) is 5.10 Å². The zero-order valence-electron chi connectivity index (χ0n) is 17.6. The fourth-order valence-corrected chi connectivity index (χ4v) is 3.26. The van der Waals surface area contributed by atoms with Crippen molar-refractivity contribution < 1.29 is 14.3 Å². The quantitative estimate of drug-likeness (QED) is 0.324. The third-order valence-electron chi connectivity index (χ3n) is 4.80. The van der Waals surface area contributed by atoms with E-state index in [4.69, 9.17) is 9.47 Å². The fourth-order valence-electron chi connectivity index (χ4n) is 3.26. The summed E-state index contributed by atoms with van der Waals surface area (Å²) in [4.78, 5) is 21.0. The van der Waals surface area contributed by atoms with E-state index in [1.807, 2.05) is 4.68 Å². The van der Waals surface area contributed by atoms with Crippen LogP contribution in [0.15, 0.2) is 29.3 Å². The highest BCUT2D eigenvalue weighted by atomic mass is 16.5. The van der Waals surface area contributed by atoms with E-state index in [0.29, 0.717) is 37.0 Å². The summed E-state index contributed by atoms with van der Waals surface area (Å²) in [7, 11) is 4.96. The third-order valence-corrected chi connectivity index (χ3v) is 4.80. The molecule has 1 aliphatic heterocycles. The molecule has 2 heterocycles. The zero-order chi connectivity index (χ0) is 21.3. The van der Waals surface area contributed by atoms with Gasteiger partial charge in [-0.15, -0.1) is 0 Å². The Labute approximate surface area is 176 Å². The minimum Gasteiger partial charge on any atom is -0.497 e. The lowest BCUT2D eigenvalue weighted by atomic mass is 10.1. The molecule has 10 heteroatoms. The molecular weight excluding hydrogens is 386 g/mol. The van der Waals surface area contributed by atoms with Crippen LogP contribution in [0.2, 0.25) is 0 Å². The molecule has 0 fully saturated rings. The smallest absolute Gasteiger partial charge is 0.251 e. The number of amides is 1. The molecule has 0 aliphatic carbocycles. The van der Waals surface area contributed by atoms with Gasteiger partial charge in [0.25, 0.3) is 5.91 Å². The number of nitrogens with one attached hydrogen (secondary N) is 3. The van der Waals surface area contributed by atoms with Gasteiger partial charge in [0.1, 0.15) is 18.2 Å². The highest BCUT2D eigenvalue weighted by Gasteiger charge is 2.22. The highest BCUT2D eigenvalue weighted by Crippen LogP contribution is 2.13. The minimum atomic E-state index is -0.125. The summed E-state index contributed by atoms with van der Waals surface area (Å²) in [6.45, 7) is 2.18. The standard InChI is InChI=1S/C20H29N7O3/c1-21-20(23-11-10-22-19(28)14-4-7-16(30-3)8-5-14)24-15-6-9-18-25-17(13-29-2)26-27(18)12-15/h4-5,7-8,15H,6,9-13H2,1-3H3,(H,22,28)(H2,21,23,24). The summed E-state index contributed by atoms with van der Waals surface area (Å²) in [6, 6.07) is 7.21. The van der Waals surface area contributed by atoms with Gasteiger partial charge in [0, 0.05) is 45.3 Å². The average Bonchev–Trinajstić information content (AvgIpc) is 3.17. The van der Waals surface area contributed by atoms with Gasteiger partial charge in [-0.05, 0) is 30.7 Å². The van der Waals surface area contributed by atoms with Crippen LogP contribution in [0.1, 0.15) is 28.4 Å². The molecule has 0 spiro atoms. The van der Waals surface area contributed by atoms with Crippen molar-refractivity contribution in [2.45, 2.75) is 32.0 Å². The number of hydrogen-bond acceptors (Lipinski definition) is 6. The van der Waals surface area contributed by atoms with E-state index in [-0.39, 0.29) is 11.9 Å². The van der Waals surface area contributed by atoms with Gasteiger partial charge in [0.2, 0.25) is 0 Å². The summed E-state index contributed by atoms with van der Waals surface area (Å²) in [5.74, 6) is 2.99. The predicted molar refractivity (Wildman–Crippen MR) is 113 cm³/mol. The number of aryl methyl sites for hydroxylation is 1. The number of ether oxygens (including phenoxy) is 2. The average molecular weight is 415 g/mol. The van der Waals surface area contributed by atoms with Crippen LogP contribution in [0, 0.1) is 0 Å². The van der Waals surface area contributed by atoms with Crippen LogP contribution in [-0.4, -0.2) is 67.0 Å². The largest absolute Gasteiger partial charge is 0.497 e. The number of fused-ring (bicyclic) bond motifs is 1. The number of aliphatic imine (C=N–C) groups is 1. The first-order valence-corrected chi connectivity index (χ1v) is 9.94. The SMILES string of the molecule is CN=C(NCCNC(=O)c1ccc(OC)cc1)NC1CCc2nc(COC)nn2C1. The zero-order valence-corrected chi connectivity index (χ0v) is 17.6. The highest BCUT2D eigenvalue weighted by molar-refractivity contribution is 5.94. The maximum absolute atomic E-state index is 12.2. The van der Waals surface area contributed by atoms with Gasteiger partial charge in [0.15, 0.2) is 11.8 Å². The lowest BCUT2D eigenvalue weighted by Gasteiger charge is -2.25. The van der Waals surface area contributed by atoms with Gasteiger partial charge in [-0.3, -0.25) is 9.79 Å². The molecule has 1 aromatic heterocycles. The van der Waals surface area contributed by atoms with Crippen LogP contribution in [0.5, 0.6) is 5.75 Å². The van der Waals surface area contributed by atoms with Crippen LogP contribution >= 0.6 is 0 Å². The van der Waals surface area contributed by atoms with E-state index in [9.17, 15) is 4.79 Å². The topological polar surface area (TPSA) is 115 Å². The van der Waals surface area contributed by atoms with Crippen molar-refractivity contribution in [3.05, 3.63) is 41.5 Å². The second-order valence-corrected chi connectivity index (χ2v) is 6.92. The molecule has 1 atom stereocenters. The lowest BCUT2D eigenvalue weighted by Crippen LogP contribution is -2.48. The van der Waals surface area contributed by atoms with Gasteiger partial charge in [-0.25, -0.2) is 9.67 Å². The van der Waals surface area contributed by atoms with Crippen LogP contribution in [-0.2, 0) is 24.3 Å². The molecule has 162 valence electrons. The monoisotopic (exact) mass is 415 g/mol. The van der Waals surface area contributed by atoms with Crippen molar-refractivity contribution in [2.24, 2.45) is 4.99 Å². The fraction of sp³-hybridized carbons (Fsp3) is 0.500. The first kappa shape index (κ1) is 21.6. The normalized spacial score (nSPS) is 16.0. The molecule has 10 nitrogen and oxygen atoms in total. The Balaban J connectivity index is 1.41. The summed E-state index contributed by atoms with van der Waals surface area (Å²) >= 11 is 0. The number of benzene rings is 1. The lowest BCUT2D eigenvalue weighted by molar-refractivity contribution is 0.0954. The first-order valence-electron chi connectivity index (χ1n) is 9.94. The molecule has 0 saturated carbocycles. The summed E-state index contributed by atoms with van der Waals surface area (Å²) < 4.78 is 12.1. The summed E-state index contributed by atoms with van der Waals surface area (Å²) in [6.07, 6.45) is 1.79. The van der Waals surface area contributed by atoms with Crippen molar-refractivity contribution in [1.82, 2.24) is 30.7 Å². The summed E-state index contributed by atoms with van der Waals surface area (Å²) in [5, 5.41) is 14.0. The van der Waals surface area contributed by atoms with Gasteiger partial charge in [-0.1, -0.05) is 0 Å². The Morgan fingerprint density at radius 1 is 1.23 bits per heavy atom. The van der Waals surface area contributed by atoms with E-state index in [2.05, 4.69) is 31.0 Å². The van der Waals surface area contributed by atoms with Crippen molar-refractivity contribution in [1.29, 1.82) is 0 Å². The molecule has 1 unspecified atom stereocenters. The molecule has 3 N–H and O–H groups in total. The van der Waals surface area contributed by atoms with Crippen molar-refractivity contribution >= 4 is 11.9 Å². The molecule has 0 bridgehead atoms. The molecule has 0 radical (unpaired) electrons. The van der Waals surface area contributed by atoms with Gasteiger partial charge >= 0.3 is 0 Å². The maximum atomic E-state index is 12.2. The number of aromatic nitrogens is 3. The molecule has 2 aromatic rings. The van der Waals surface area contributed by atoms with E-state index in [1.54, 1.807) is 45.5 Å². The molecule has 1 aromatic carbocycles. The van der Waals surface area contributed by atoms with Crippen LogP contribution < -0.4 is 20.7 Å². The molecule has 3 rings (SSSR count). The summed E-state index contributed by atoms with van der Waals surface area (Å²) in [5.41, 5.74) is 0.594. The Kier molecular flexibility index (Phi) is 7.61. The molecule has 1 aliphatic rings. The number of nitrogens with zero attached hydrogens (tertiary/aromatic N) is 4. The van der Waals surface area contributed by atoms with E-state index >= 15 is 0 Å². The Morgan fingerprint density at radius 2 is 2.00 bits per heavy atom. The Hall–Kier alpha value is -3.14. The van der Waals surface area contributed by atoms with Crippen molar-refractivity contribution in [3.8, 4) is 5.75 Å². The van der Waals surface area contributed by atoms with Crippen LogP contribution in [0.25, 0.3) is 0 Å². The Bertz CT molecular complexity index is 864. The van der Waals surface area contributed by atoms with E-state index < -0.39 is 0 Å². The van der Waals surface area contributed by atoms with Gasteiger partial charge < -0.3 is 25.4 Å². The first-order chi connectivity index (χ1) is 14.6. The van der Waals surface area contributed by atoms with Crippen molar-refractivity contribution in [2.75, 3.05) is 34.4 Å². The van der Waals surface area contributed by atoms with Crippen LogP contribution in [0.4, 0.5) is 0 Å². The predicted octanol–water partition coefficient (Wildman–Crippen LogP) is 0.343. The molecule has 0 saturated heterocycles. The number of carbonyl (C=O) groups excluding carboxylic acids is 1. The van der Waals surface area contributed by atoms with Gasteiger partial charge in [0.05, 0.1) is 13.7 Å². The second-order valence-electron chi connectivity index (χ2n) is 6.92. The number of guanidine groups is 1. The van der Waals surface area contributed by atoms with Crippen LogP contribution in [0.3, 0.4) is 0 Å². The van der Waals surface area contributed by atoms with Crippen molar-refractivity contribution in [3.63, 3.8) is 0 Å². The molecular formula is C20H29N7O3. The van der Waals surface area contributed by atoms with E-state index in [1.165, 1.54) is 0 Å². The number of hydrogen-bond donors (Lipinski definition) is 3. The maximum Gasteiger partial charge on any atom is 0.251 e. The molecule has 30 heavy (non-hydrogen) atoms. The number of methoxy groups -OCH3 is 2. The minimum absolute atomic E-state index is 0.125. The molecule has 1 amide bonds. The second kappa shape index (κ2) is 10.6. The van der Waals surface area contributed by atoms with E-state index in [0.717, 1.165) is 31.0 Å². The number of carbonyl (C=O) groups is 1. The third kappa shape index (κ3) is 5.69. The number of rotatable bonds is 8.